The molecule has 0 spiro atoms. The Hall–Kier alpha value is -3.82. The number of carboxylic acid groups (broad SMARTS) is 1. The Morgan fingerprint density at radius 2 is 1.76 bits per heavy atom. The molecule has 0 amide bonds. The number of hydrogen-bond donors (Lipinski definition) is 3. The van der Waals surface area contributed by atoms with Gasteiger partial charge in [0.05, 0.1) is 12.2 Å². The normalized spacial score (nSPS) is 14.1. The van der Waals surface area contributed by atoms with Crippen molar-refractivity contribution >= 4 is 18.1 Å². The number of halogens is 3. The number of benzene rings is 3. The number of hydrogen-bond acceptors (Lipinski definition) is 5. The number of aliphatic hydroxyl groups excluding tert-OH is 1. The monoisotopic (exact) mass is 513 g/mol. The highest BCUT2D eigenvalue weighted by molar-refractivity contribution is 5.79. The van der Waals surface area contributed by atoms with Crippen LogP contribution in [0.1, 0.15) is 27.8 Å². The van der Waals surface area contributed by atoms with Crippen LogP contribution in [0.15, 0.2) is 54.6 Å². The largest absolute Gasteiger partial charge is 0.486 e. The molecule has 1 aliphatic heterocycles. The van der Waals surface area contributed by atoms with Crippen LogP contribution in [0.25, 0.3) is 23.3 Å². The Morgan fingerprint density at radius 3 is 2.46 bits per heavy atom. The minimum atomic E-state index is -4.57. The summed E-state index contributed by atoms with van der Waals surface area (Å²) in [6.07, 6.45) is -1.53. The maximum absolute atomic E-state index is 13.7. The lowest BCUT2D eigenvalue weighted by Gasteiger charge is -2.19. The molecule has 3 aromatic carbocycles. The van der Waals surface area contributed by atoms with Crippen molar-refractivity contribution < 1.29 is 37.7 Å². The molecule has 0 aliphatic carbocycles. The van der Waals surface area contributed by atoms with Gasteiger partial charge in [0.1, 0.15) is 19.3 Å². The van der Waals surface area contributed by atoms with Crippen molar-refractivity contribution in [2.75, 3.05) is 19.8 Å². The highest BCUT2D eigenvalue weighted by atomic mass is 19.4. The summed E-state index contributed by atoms with van der Waals surface area (Å²) in [5.74, 6) is 0.0741. The third-order valence-corrected chi connectivity index (χ3v) is 6.13. The van der Waals surface area contributed by atoms with E-state index in [2.05, 4.69) is 5.32 Å². The van der Waals surface area contributed by atoms with E-state index in [1.54, 1.807) is 6.08 Å². The molecule has 1 aliphatic rings. The summed E-state index contributed by atoms with van der Waals surface area (Å²) in [5, 5.41) is 20.8. The summed E-state index contributed by atoms with van der Waals surface area (Å²) in [5.41, 5.74) is 3.05. The zero-order chi connectivity index (χ0) is 26.6. The maximum atomic E-state index is 13.7. The maximum Gasteiger partial charge on any atom is 0.416 e. The molecular formula is C28H26F3NO5. The molecule has 194 valence electrons. The van der Waals surface area contributed by atoms with E-state index in [1.165, 1.54) is 18.2 Å². The fourth-order valence-corrected chi connectivity index (χ4v) is 4.13. The van der Waals surface area contributed by atoms with Crippen LogP contribution in [-0.4, -0.2) is 42.0 Å². The van der Waals surface area contributed by atoms with Crippen LogP contribution in [0.2, 0.25) is 0 Å². The van der Waals surface area contributed by atoms with Crippen LogP contribution in [0.4, 0.5) is 13.2 Å². The van der Waals surface area contributed by atoms with Gasteiger partial charge in [-0.15, -0.1) is 0 Å². The standard InChI is InChI=1S/C28H26F3NO5/c1-17-19(3-2-4-22(17)20-8-10-25-26(14-20)37-12-11-36-25)6-7-21-13-18(5-9-23(21)28(29,30)31)15-32-24(16-33)27(34)35/h2-10,13-14,24,32-33H,11-12,15-16H2,1H3,(H,34,35)/b7-6+/t24-/m0/s1. The molecule has 0 unspecified atom stereocenters. The first-order valence-corrected chi connectivity index (χ1v) is 11.6. The molecule has 9 heteroatoms. The van der Waals surface area contributed by atoms with Gasteiger partial charge in [0, 0.05) is 6.54 Å². The molecule has 0 aromatic heterocycles. The van der Waals surface area contributed by atoms with Crippen molar-refractivity contribution in [3.05, 3.63) is 82.4 Å². The van der Waals surface area contributed by atoms with E-state index < -0.39 is 30.4 Å². The molecule has 0 bridgehead atoms. The molecule has 0 saturated carbocycles. The molecule has 3 N–H and O–H groups in total. The number of alkyl halides is 3. The van der Waals surface area contributed by atoms with Crippen molar-refractivity contribution in [2.45, 2.75) is 25.7 Å². The predicted octanol–water partition coefficient (Wildman–Crippen LogP) is 5.16. The number of carbonyl (C=O) groups is 1. The molecule has 6 nitrogen and oxygen atoms in total. The van der Waals surface area contributed by atoms with Gasteiger partial charge in [-0.25, -0.2) is 0 Å². The molecular weight excluding hydrogens is 487 g/mol. The molecule has 0 saturated heterocycles. The van der Waals surface area contributed by atoms with Crippen molar-refractivity contribution in [1.82, 2.24) is 5.32 Å². The Kier molecular flexibility index (Phi) is 7.85. The average molecular weight is 514 g/mol. The van der Waals surface area contributed by atoms with Gasteiger partial charge in [-0.05, 0) is 64.6 Å². The molecule has 0 radical (unpaired) electrons. The van der Waals surface area contributed by atoms with Crippen LogP contribution in [0, 0.1) is 6.92 Å². The summed E-state index contributed by atoms with van der Waals surface area (Å²) < 4.78 is 52.4. The lowest BCUT2D eigenvalue weighted by molar-refractivity contribution is -0.140. The third-order valence-electron chi connectivity index (χ3n) is 6.13. The van der Waals surface area contributed by atoms with Gasteiger partial charge in [-0.2, -0.15) is 13.2 Å². The van der Waals surface area contributed by atoms with Crippen molar-refractivity contribution in [3.8, 4) is 22.6 Å². The van der Waals surface area contributed by atoms with Gasteiger partial charge < -0.3 is 19.7 Å². The van der Waals surface area contributed by atoms with Crippen molar-refractivity contribution in [3.63, 3.8) is 0 Å². The van der Waals surface area contributed by atoms with E-state index >= 15 is 0 Å². The van der Waals surface area contributed by atoms with Crippen LogP contribution in [0.3, 0.4) is 0 Å². The smallest absolute Gasteiger partial charge is 0.416 e. The van der Waals surface area contributed by atoms with Crippen LogP contribution in [0.5, 0.6) is 11.5 Å². The van der Waals surface area contributed by atoms with Gasteiger partial charge in [0.15, 0.2) is 11.5 Å². The van der Waals surface area contributed by atoms with Gasteiger partial charge in [-0.1, -0.05) is 42.5 Å². The summed E-state index contributed by atoms with van der Waals surface area (Å²) in [6, 6.07) is 13.7. The van der Waals surface area contributed by atoms with Crippen molar-refractivity contribution in [2.24, 2.45) is 0 Å². The zero-order valence-corrected chi connectivity index (χ0v) is 20.0. The molecule has 1 heterocycles. The van der Waals surface area contributed by atoms with E-state index in [1.807, 2.05) is 43.3 Å². The van der Waals surface area contributed by atoms with Gasteiger partial charge in [-0.3, -0.25) is 10.1 Å². The molecule has 4 rings (SSSR count). The highest BCUT2D eigenvalue weighted by Crippen LogP contribution is 2.37. The average Bonchev–Trinajstić information content (AvgIpc) is 2.87. The number of rotatable bonds is 8. The van der Waals surface area contributed by atoms with E-state index in [0.717, 1.165) is 28.3 Å². The van der Waals surface area contributed by atoms with E-state index in [0.29, 0.717) is 30.3 Å². The minimum absolute atomic E-state index is 0.0187. The summed E-state index contributed by atoms with van der Waals surface area (Å²) in [4.78, 5) is 11.1. The fourth-order valence-electron chi connectivity index (χ4n) is 4.13. The Morgan fingerprint density at radius 1 is 1.03 bits per heavy atom. The van der Waals surface area contributed by atoms with Crippen LogP contribution >= 0.6 is 0 Å². The third kappa shape index (κ3) is 6.12. The lowest BCUT2D eigenvalue weighted by Crippen LogP contribution is -2.39. The van der Waals surface area contributed by atoms with E-state index in [-0.39, 0.29) is 12.1 Å². The van der Waals surface area contributed by atoms with Gasteiger partial charge >= 0.3 is 12.1 Å². The molecule has 0 fully saturated rings. The Labute approximate surface area is 212 Å². The van der Waals surface area contributed by atoms with Gasteiger partial charge in [0.25, 0.3) is 0 Å². The van der Waals surface area contributed by atoms with E-state index in [9.17, 15) is 18.0 Å². The molecule has 37 heavy (non-hydrogen) atoms. The second kappa shape index (κ2) is 11.1. The number of fused-ring (bicyclic) bond motifs is 1. The topological polar surface area (TPSA) is 88.0 Å². The highest BCUT2D eigenvalue weighted by Gasteiger charge is 2.32. The SMILES string of the molecule is Cc1c(/C=C/c2cc(CN[C@@H](CO)C(=O)O)ccc2C(F)(F)F)cccc1-c1ccc2c(c1)OCCO2. The zero-order valence-electron chi connectivity index (χ0n) is 20.0. The van der Waals surface area contributed by atoms with Crippen LogP contribution < -0.4 is 14.8 Å². The summed E-state index contributed by atoms with van der Waals surface area (Å²) >= 11 is 0. The number of aliphatic carboxylic acids is 1. The second-order valence-corrected chi connectivity index (χ2v) is 8.59. The van der Waals surface area contributed by atoms with Crippen molar-refractivity contribution in [1.29, 1.82) is 0 Å². The second-order valence-electron chi connectivity index (χ2n) is 8.59. The number of nitrogens with one attached hydrogen (secondary N) is 1. The predicted molar refractivity (Wildman–Crippen MR) is 133 cm³/mol. The Bertz CT molecular complexity index is 1320. The number of carboxylic acids is 1. The number of ether oxygens (including phenoxy) is 2. The first-order valence-electron chi connectivity index (χ1n) is 11.6. The van der Waals surface area contributed by atoms with Crippen LogP contribution in [-0.2, 0) is 17.5 Å². The lowest BCUT2D eigenvalue weighted by atomic mass is 9.95. The quantitative estimate of drug-likeness (QED) is 0.361. The molecule has 1 atom stereocenters. The first kappa shape index (κ1) is 26.2. The Balaban J connectivity index is 1.64. The first-order chi connectivity index (χ1) is 17.7. The molecule has 3 aromatic rings. The fraction of sp³-hybridized carbons (Fsp3) is 0.250. The van der Waals surface area contributed by atoms with E-state index in [4.69, 9.17) is 19.7 Å². The minimum Gasteiger partial charge on any atom is -0.486 e. The summed E-state index contributed by atoms with van der Waals surface area (Å²) in [7, 11) is 0. The summed E-state index contributed by atoms with van der Waals surface area (Å²) in [6.45, 7) is 2.20. The number of aliphatic hydroxyl groups is 1. The van der Waals surface area contributed by atoms with Gasteiger partial charge in [0.2, 0.25) is 0 Å².